The van der Waals surface area contributed by atoms with Crippen molar-refractivity contribution in [2.75, 3.05) is 13.7 Å². The first-order valence-corrected chi connectivity index (χ1v) is 8.04. The van der Waals surface area contributed by atoms with Crippen LogP contribution >= 0.6 is 0 Å². The fraction of sp³-hybridized carbons (Fsp3) is 0.611. The van der Waals surface area contributed by atoms with Gasteiger partial charge < -0.3 is 14.6 Å². The van der Waals surface area contributed by atoms with Gasteiger partial charge in [0, 0.05) is 22.7 Å². The van der Waals surface area contributed by atoms with Crippen molar-refractivity contribution < 1.29 is 19.1 Å². The maximum Gasteiger partial charge on any atom is 0.354 e. The number of aryl methyl sites for hydroxylation is 1. The summed E-state index contributed by atoms with van der Waals surface area (Å²) in [6, 6.07) is 0. The minimum atomic E-state index is -0.513. The van der Waals surface area contributed by atoms with Crippen LogP contribution < -0.4 is 0 Å². The van der Waals surface area contributed by atoms with E-state index in [4.69, 9.17) is 4.74 Å². The molecular weight excluding hydrogens is 308 g/mol. The van der Waals surface area contributed by atoms with Crippen molar-refractivity contribution >= 4 is 17.7 Å². The number of hydrogen-bond acceptors (Lipinski definition) is 4. The molecule has 134 valence electrons. The third-order valence-electron chi connectivity index (χ3n) is 3.98. The van der Waals surface area contributed by atoms with Crippen LogP contribution in [0.5, 0.6) is 0 Å². The molecule has 1 rings (SSSR count). The Kier molecular flexibility index (Phi) is 5.98. The van der Waals surface area contributed by atoms with Crippen LogP contribution in [0.2, 0.25) is 0 Å². The number of rotatable bonds is 5. The number of aromatic amines is 1. The van der Waals surface area contributed by atoms with Gasteiger partial charge in [0.2, 0.25) is 5.91 Å². The fourth-order valence-electron chi connectivity index (χ4n) is 2.65. The van der Waals surface area contributed by atoms with Gasteiger partial charge in [-0.25, -0.2) is 4.79 Å². The molecule has 1 amide bonds. The minimum absolute atomic E-state index is 0.0271. The number of aromatic nitrogens is 1. The number of carbonyl (C=O) groups is 3. The van der Waals surface area contributed by atoms with Crippen LogP contribution in [0.25, 0.3) is 0 Å². The van der Waals surface area contributed by atoms with Crippen LogP contribution in [0.3, 0.4) is 0 Å². The molecule has 0 unspecified atom stereocenters. The van der Waals surface area contributed by atoms with Crippen molar-refractivity contribution in [3.8, 4) is 0 Å². The molecule has 0 fully saturated rings. The van der Waals surface area contributed by atoms with Crippen molar-refractivity contribution in [2.45, 2.75) is 54.0 Å². The van der Waals surface area contributed by atoms with Gasteiger partial charge in [-0.3, -0.25) is 9.59 Å². The third kappa shape index (κ3) is 4.04. The number of amides is 1. The summed E-state index contributed by atoms with van der Waals surface area (Å²) < 4.78 is 4.72. The predicted octanol–water partition coefficient (Wildman–Crippen LogP) is 2.88. The predicted molar refractivity (Wildman–Crippen MR) is 92.2 cm³/mol. The quantitative estimate of drug-likeness (QED) is 0.662. The molecule has 1 N–H and O–H groups in total. The Labute approximate surface area is 143 Å². The van der Waals surface area contributed by atoms with Gasteiger partial charge in [-0.1, -0.05) is 13.8 Å². The lowest BCUT2D eigenvalue weighted by Crippen LogP contribution is -2.49. The number of carbonyl (C=O) groups excluding carboxylic acids is 3. The Bertz CT molecular complexity index is 651. The summed E-state index contributed by atoms with van der Waals surface area (Å²) in [5.41, 5.74) is 1.40. The summed E-state index contributed by atoms with van der Waals surface area (Å²) in [4.78, 5) is 41.6. The van der Waals surface area contributed by atoms with E-state index in [9.17, 15) is 14.4 Å². The number of nitrogens with one attached hydrogen (secondary N) is 1. The molecule has 1 heterocycles. The van der Waals surface area contributed by atoms with E-state index in [-0.39, 0.29) is 29.8 Å². The minimum Gasteiger partial charge on any atom is -0.464 e. The molecule has 0 radical (unpaired) electrons. The maximum atomic E-state index is 12.8. The average molecular weight is 336 g/mol. The topological polar surface area (TPSA) is 79.5 Å². The molecule has 0 aliphatic heterocycles. The van der Waals surface area contributed by atoms with Crippen molar-refractivity contribution in [2.24, 2.45) is 5.92 Å². The molecule has 0 aliphatic carbocycles. The van der Waals surface area contributed by atoms with Gasteiger partial charge in [0.15, 0.2) is 5.78 Å². The number of methoxy groups -OCH3 is 1. The smallest absolute Gasteiger partial charge is 0.354 e. The van der Waals surface area contributed by atoms with E-state index in [1.165, 1.54) is 7.11 Å². The van der Waals surface area contributed by atoms with Crippen LogP contribution in [0.1, 0.15) is 66.7 Å². The zero-order valence-corrected chi connectivity index (χ0v) is 15.9. The van der Waals surface area contributed by atoms with E-state index in [0.717, 1.165) is 0 Å². The zero-order chi connectivity index (χ0) is 18.8. The standard InChI is InChI=1S/C18H28N2O4/c1-10(2)16(22)20(18(5,6)7)9-13(21)14-11(3)15(17(23)24-8)19-12(14)4/h10,19H,9H2,1-8H3. The highest BCUT2D eigenvalue weighted by Gasteiger charge is 2.32. The highest BCUT2D eigenvalue weighted by molar-refractivity contribution is 6.04. The van der Waals surface area contributed by atoms with E-state index in [2.05, 4.69) is 4.98 Å². The second kappa shape index (κ2) is 7.20. The lowest BCUT2D eigenvalue weighted by Gasteiger charge is -2.36. The monoisotopic (exact) mass is 336 g/mol. The number of ketones is 1. The van der Waals surface area contributed by atoms with E-state index in [1.54, 1.807) is 18.7 Å². The molecule has 0 saturated heterocycles. The highest BCUT2D eigenvalue weighted by Crippen LogP contribution is 2.22. The van der Waals surface area contributed by atoms with Gasteiger partial charge in [-0.05, 0) is 40.2 Å². The molecule has 24 heavy (non-hydrogen) atoms. The number of hydrogen-bond donors (Lipinski definition) is 1. The summed E-state index contributed by atoms with van der Waals surface area (Å²) in [5, 5.41) is 0. The highest BCUT2D eigenvalue weighted by atomic mass is 16.5. The molecule has 0 saturated carbocycles. The molecule has 1 aromatic rings. The van der Waals surface area contributed by atoms with Gasteiger partial charge in [-0.2, -0.15) is 0 Å². The summed E-state index contributed by atoms with van der Waals surface area (Å²) in [5.74, 6) is -0.980. The molecule has 6 heteroatoms. The van der Waals surface area contributed by atoms with Gasteiger partial charge in [0.05, 0.1) is 13.7 Å². The van der Waals surface area contributed by atoms with Crippen LogP contribution in [0.15, 0.2) is 0 Å². The molecule has 1 aromatic heterocycles. The van der Waals surface area contributed by atoms with E-state index in [0.29, 0.717) is 16.8 Å². The third-order valence-corrected chi connectivity index (χ3v) is 3.98. The lowest BCUT2D eigenvalue weighted by molar-refractivity contribution is -0.138. The van der Waals surface area contributed by atoms with E-state index < -0.39 is 11.5 Å². The summed E-state index contributed by atoms with van der Waals surface area (Å²) in [6.45, 7) is 12.7. The largest absolute Gasteiger partial charge is 0.464 e. The van der Waals surface area contributed by atoms with E-state index >= 15 is 0 Å². The van der Waals surface area contributed by atoms with Crippen LogP contribution in [0, 0.1) is 19.8 Å². The summed E-state index contributed by atoms with van der Waals surface area (Å²) in [6.07, 6.45) is 0. The number of H-pyrrole nitrogens is 1. The number of nitrogens with zero attached hydrogens (tertiary/aromatic N) is 1. The first-order valence-electron chi connectivity index (χ1n) is 8.04. The van der Waals surface area contributed by atoms with Crippen LogP contribution in [-0.2, 0) is 9.53 Å². The first kappa shape index (κ1) is 19.9. The Balaban J connectivity index is 3.20. The Hall–Kier alpha value is -2.11. The average Bonchev–Trinajstić information content (AvgIpc) is 2.76. The Morgan fingerprint density at radius 1 is 1.17 bits per heavy atom. The maximum absolute atomic E-state index is 12.8. The molecule has 0 aliphatic rings. The molecular formula is C18H28N2O4. The molecule has 0 atom stereocenters. The molecule has 6 nitrogen and oxygen atoms in total. The van der Waals surface area contributed by atoms with Gasteiger partial charge in [0.25, 0.3) is 0 Å². The molecule has 0 aromatic carbocycles. The van der Waals surface area contributed by atoms with Crippen molar-refractivity contribution in [1.82, 2.24) is 9.88 Å². The number of ether oxygens (including phenoxy) is 1. The van der Waals surface area contributed by atoms with Gasteiger partial charge in [-0.15, -0.1) is 0 Å². The zero-order valence-electron chi connectivity index (χ0n) is 15.9. The second-order valence-corrected chi connectivity index (χ2v) is 7.29. The molecule has 0 bridgehead atoms. The normalized spacial score (nSPS) is 11.5. The van der Waals surface area contributed by atoms with Gasteiger partial charge >= 0.3 is 5.97 Å². The van der Waals surface area contributed by atoms with Crippen molar-refractivity contribution in [1.29, 1.82) is 0 Å². The van der Waals surface area contributed by atoms with Gasteiger partial charge in [0.1, 0.15) is 5.69 Å². The SMILES string of the molecule is COC(=O)c1[nH]c(C)c(C(=O)CN(C(=O)C(C)C)C(C)(C)C)c1C. The van der Waals surface area contributed by atoms with Crippen molar-refractivity contribution in [3.05, 3.63) is 22.5 Å². The first-order chi connectivity index (χ1) is 10.9. The van der Waals surface area contributed by atoms with Crippen LogP contribution in [-0.4, -0.2) is 46.7 Å². The summed E-state index contributed by atoms with van der Waals surface area (Å²) in [7, 11) is 1.29. The Morgan fingerprint density at radius 3 is 2.12 bits per heavy atom. The van der Waals surface area contributed by atoms with Crippen LogP contribution in [0.4, 0.5) is 0 Å². The number of esters is 1. The fourth-order valence-corrected chi connectivity index (χ4v) is 2.65. The second-order valence-electron chi connectivity index (χ2n) is 7.29. The Morgan fingerprint density at radius 2 is 1.71 bits per heavy atom. The van der Waals surface area contributed by atoms with E-state index in [1.807, 2.05) is 34.6 Å². The lowest BCUT2D eigenvalue weighted by atomic mass is 9.99. The number of Topliss-reactive ketones (excluding diaryl/α,β-unsaturated/α-hetero) is 1. The molecule has 0 spiro atoms. The summed E-state index contributed by atoms with van der Waals surface area (Å²) >= 11 is 0. The van der Waals surface area contributed by atoms with Crippen molar-refractivity contribution in [3.63, 3.8) is 0 Å².